The summed E-state index contributed by atoms with van der Waals surface area (Å²) in [5.41, 5.74) is 4.83. The molecule has 0 saturated carbocycles. The Labute approximate surface area is 237 Å². The van der Waals surface area contributed by atoms with E-state index in [1.807, 2.05) is 19.1 Å². The molecule has 4 rings (SSSR count). The SMILES string of the molecule is CCOc1cc(/C=N/NC(=O)c2ccc(OCc3ccc(Cl)cc3)cc2)ccc1OC(=O)c1ccccc1OC. The first-order valence-electron chi connectivity index (χ1n) is 12.4. The van der Waals surface area contributed by atoms with Gasteiger partial charge in [0.25, 0.3) is 5.91 Å². The van der Waals surface area contributed by atoms with Crippen molar-refractivity contribution < 1.29 is 28.5 Å². The van der Waals surface area contributed by atoms with Gasteiger partial charge in [-0.2, -0.15) is 5.10 Å². The summed E-state index contributed by atoms with van der Waals surface area (Å²) in [6.07, 6.45) is 1.47. The molecular formula is C31H27ClN2O6. The Morgan fingerprint density at radius 3 is 2.35 bits per heavy atom. The van der Waals surface area contributed by atoms with Crippen LogP contribution in [0.25, 0.3) is 0 Å². The lowest BCUT2D eigenvalue weighted by molar-refractivity contribution is 0.0724. The van der Waals surface area contributed by atoms with Crippen LogP contribution in [0.15, 0.2) is 96.1 Å². The largest absolute Gasteiger partial charge is 0.496 e. The highest BCUT2D eigenvalue weighted by Gasteiger charge is 2.17. The number of hydrogen-bond donors (Lipinski definition) is 1. The highest BCUT2D eigenvalue weighted by molar-refractivity contribution is 6.30. The Kier molecular flexibility index (Phi) is 9.74. The summed E-state index contributed by atoms with van der Waals surface area (Å²) >= 11 is 5.90. The molecule has 8 nitrogen and oxygen atoms in total. The van der Waals surface area contributed by atoms with E-state index in [9.17, 15) is 9.59 Å². The second kappa shape index (κ2) is 13.8. The molecule has 0 saturated heterocycles. The van der Waals surface area contributed by atoms with E-state index < -0.39 is 5.97 Å². The zero-order valence-corrected chi connectivity index (χ0v) is 22.7. The Balaban J connectivity index is 1.35. The maximum Gasteiger partial charge on any atom is 0.347 e. The van der Waals surface area contributed by atoms with Crippen molar-refractivity contribution in [2.75, 3.05) is 13.7 Å². The maximum absolute atomic E-state index is 12.7. The van der Waals surface area contributed by atoms with Crippen molar-refractivity contribution in [1.82, 2.24) is 5.43 Å². The van der Waals surface area contributed by atoms with Gasteiger partial charge in [-0.05, 0) is 84.8 Å². The second-order valence-corrected chi connectivity index (χ2v) is 8.80. The van der Waals surface area contributed by atoms with Gasteiger partial charge in [-0.3, -0.25) is 4.79 Å². The molecule has 0 aliphatic heterocycles. The summed E-state index contributed by atoms with van der Waals surface area (Å²) in [7, 11) is 1.48. The topological polar surface area (TPSA) is 95.5 Å². The summed E-state index contributed by atoms with van der Waals surface area (Å²) in [4.78, 5) is 25.2. The van der Waals surface area contributed by atoms with Crippen molar-refractivity contribution in [3.63, 3.8) is 0 Å². The van der Waals surface area contributed by atoms with Gasteiger partial charge >= 0.3 is 5.97 Å². The number of hydrogen-bond acceptors (Lipinski definition) is 7. The minimum atomic E-state index is -0.575. The number of carbonyl (C=O) groups excluding carboxylic acids is 2. The van der Waals surface area contributed by atoms with Gasteiger partial charge in [0.1, 0.15) is 23.7 Å². The van der Waals surface area contributed by atoms with Crippen molar-refractivity contribution in [3.05, 3.63) is 118 Å². The van der Waals surface area contributed by atoms with E-state index in [-0.39, 0.29) is 11.7 Å². The lowest BCUT2D eigenvalue weighted by atomic mass is 10.2. The normalized spacial score (nSPS) is 10.7. The average molecular weight is 559 g/mol. The Hall–Kier alpha value is -4.82. The second-order valence-electron chi connectivity index (χ2n) is 8.37. The van der Waals surface area contributed by atoms with Crippen LogP contribution in [0.3, 0.4) is 0 Å². The zero-order valence-electron chi connectivity index (χ0n) is 21.9. The molecule has 0 heterocycles. The van der Waals surface area contributed by atoms with Crippen LogP contribution in [0.5, 0.6) is 23.0 Å². The summed E-state index contributed by atoms with van der Waals surface area (Å²) in [6, 6.07) is 25.9. The molecule has 0 bridgehead atoms. The number of ether oxygens (including phenoxy) is 4. The molecule has 4 aromatic rings. The van der Waals surface area contributed by atoms with Crippen LogP contribution in [0.1, 0.15) is 38.8 Å². The smallest absolute Gasteiger partial charge is 0.347 e. The first-order valence-corrected chi connectivity index (χ1v) is 12.8. The van der Waals surface area contributed by atoms with E-state index in [0.29, 0.717) is 52.2 Å². The third kappa shape index (κ3) is 7.61. The molecule has 0 radical (unpaired) electrons. The van der Waals surface area contributed by atoms with Gasteiger partial charge in [-0.1, -0.05) is 35.9 Å². The molecule has 0 spiro atoms. The van der Waals surface area contributed by atoms with E-state index in [0.717, 1.165) is 5.56 Å². The Morgan fingerprint density at radius 2 is 1.62 bits per heavy atom. The number of benzene rings is 4. The van der Waals surface area contributed by atoms with Gasteiger partial charge in [-0.15, -0.1) is 0 Å². The summed E-state index contributed by atoms with van der Waals surface area (Å²) < 4.78 is 22.2. The number of methoxy groups -OCH3 is 1. The minimum Gasteiger partial charge on any atom is -0.496 e. The van der Waals surface area contributed by atoms with Gasteiger partial charge in [0.05, 0.1) is 19.9 Å². The van der Waals surface area contributed by atoms with E-state index >= 15 is 0 Å². The van der Waals surface area contributed by atoms with E-state index in [1.54, 1.807) is 78.9 Å². The molecule has 1 N–H and O–H groups in total. The van der Waals surface area contributed by atoms with Crippen LogP contribution in [-0.2, 0) is 6.61 Å². The Morgan fingerprint density at radius 1 is 0.875 bits per heavy atom. The predicted molar refractivity (Wildman–Crippen MR) is 153 cm³/mol. The van der Waals surface area contributed by atoms with Crippen LogP contribution in [0, 0.1) is 0 Å². The first-order chi connectivity index (χ1) is 19.5. The zero-order chi connectivity index (χ0) is 28.3. The molecule has 1 amide bonds. The van der Waals surface area contributed by atoms with Crippen molar-refractivity contribution in [1.29, 1.82) is 0 Å². The fourth-order valence-corrected chi connectivity index (χ4v) is 3.73. The number of para-hydroxylation sites is 1. The van der Waals surface area contributed by atoms with Crippen molar-refractivity contribution in [2.45, 2.75) is 13.5 Å². The van der Waals surface area contributed by atoms with E-state index in [2.05, 4.69) is 10.5 Å². The molecule has 0 atom stereocenters. The molecule has 204 valence electrons. The molecule has 9 heteroatoms. The minimum absolute atomic E-state index is 0.248. The third-order valence-electron chi connectivity index (χ3n) is 5.61. The highest BCUT2D eigenvalue weighted by Crippen LogP contribution is 2.30. The van der Waals surface area contributed by atoms with Crippen LogP contribution >= 0.6 is 11.6 Å². The monoisotopic (exact) mass is 558 g/mol. The number of nitrogens with one attached hydrogen (secondary N) is 1. The molecule has 40 heavy (non-hydrogen) atoms. The fraction of sp³-hybridized carbons (Fsp3) is 0.129. The van der Waals surface area contributed by atoms with Gasteiger partial charge < -0.3 is 18.9 Å². The number of amides is 1. The van der Waals surface area contributed by atoms with Crippen LogP contribution in [0.2, 0.25) is 5.02 Å². The molecule has 0 aliphatic carbocycles. The standard InChI is InChI=1S/C31H27ClN2O6/c1-3-38-29-18-22(10-17-28(29)40-31(36)26-6-4-5-7-27(26)37-2)19-33-34-30(35)23-11-15-25(16-12-23)39-20-21-8-13-24(32)14-9-21/h4-19H,3,20H2,1-2H3,(H,34,35)/b33-19+. The molecule has 0 aliphatic rings. The van der Waals surface area contributed by atoms with Crippen molar-refractivity contribution in [2.24, 2.45) is 5.10 Å². The molecular weight excluding hydrogens is 532 g/mol. The number of halogens is 1. The fourth-order valence-electron chi connectivity index (χ4n) is 3.61. The van der Waals surface area contributed by atoms with Gasteiger partial charge in [0.15, 0.2) is 11.5 Å². The van der Waals surface area contributed by atoms with Crippen molar-refractivity contribution >= 4 is 29.7 Å². The first kappa shape index (κ1) is 28.2. The summed E-state index contributed by atoms with van der Waals surface area (Å²) in [6.45, 7) is 2.56. The lowest BCUT2D eigenvalue weighted by Gasteiger charge is -2.12. The summed E-state index contributed by atoms with van der Waals surface area (Å²) in [5, 5.41) is 4.71. The number of carbonyl (C=O) groups is 2. The van der Waals surface area contributed by atoms with Crippen LogP contribution in [0.4, 0.5) is 0 Å². The van der Waals surface area contributed by atoms with E-state index in [4.69, 9.17) is 30.5 Å². The number of nitrogens with zero attached hydrogens (tertiary/aromatic N) is 1. The van der Waals surface area contributed by atoms with E-state index in [1.165, 1.54) is 13.3 Å². The molecule has 0 fully saturated rings. The van der Waals surface area contributed by atoms with Gasteiger partial charge in [-0.25, -0.2) is 10.2 Å². The summed E-state index contributed by atoms with van der Waals surface area (Å²) in [5.74, 6) is 0.684. The molecule has 4 aromatic carbocycles. The average Bonchev–Trinajstić information content (AvgIpc) is 2.98. The lowest BCUT2D eigenvalue weighted by Crippen LogP contribution is -2.17. The van der Waals surface area contributed by atoms with Gasteiger partial charge in [0.2, 0.25) is 0 Å². The van der Waals surface area contributed by atoms with Crippen LogP contribution in [-0.4, -0.2) is 31.8 Å². The predicted octanol–water partition coefficient (Wildman–Crippen LogP) is 6.31. The Bertz CT molecular complexity index is 1490. The van der Waals surface area contributed by atoms with Gasteiger partial charge in [0, 0.05) is 10.6 Å². The third-order valence-corrected chi connectivity index (χ3v) is 5.86. The quantitative estimate of drug-likeness (QED) is 0.100. The van der Waals surface area contributed by atoms with Crippen LogP contribution < -0.4 is 24.4 Å². The maximum atomic E-state index is 12.7. The van der Waals surface area contributed by atoms with Crippen molar-refractivity contribution in [3.8, 4) is 23.0 Å². The number of rotatable bonds is 11. The number of hydrazone groups is 1. The molecule has 0 unspecified atom stereocenters. The molecule has 0 aromatic heterocycles. The number of esters is 1. The highest BCUT2D eigenvalue weighted by atomic mass is 35.5.